The zero-order valence-corrected chi connectivity index (χ0v) is 21.6. The molecular weight excluding hydrogens is 446 g/mol. The predicted octanol–water partition coefficient (Wildman–Crippen LogP) is 4.65. The van der Waals surface area contributed by atoms with Crippen LogP contribution in [0.2, 0.25) is 0 Å². The van der Waals surface area contributed by atoms with Crippen LogP contribution in [0.5, 0.6) is 5.75 Å². The maximum absolute atomic E-state index is 12.9. The van der Waals surface area contributed by atoms with Crippen molar-refractivity contribution in [3.63, 3.8) is 0 Å². The van der Waals surface area contributed by atoms with E-state index in [1.54, 1.807) is 37.8 Å². The summed E-state index contributed by atoms with van der Waals surface area (Å²) < 4.78 is 11.4. The highest BCUT2D eigenvalue weighted by atomic mass is 16.5. The van der Waals surface area contributed by atoms with Crippen molar-refractivity contribution in [2.75, 3.05) is 20.4 Å². The summed E-state index contributed by atoms with van der Waals surface area (Å²) >= 11 is 0. The van der Waals surface area contributed by atoms with E-state index in [0.29, 0.717) is 36.3 Å². The minimum Gasteiger partial charge on any atom is -0.496 e. The van der Waals surface area contributed by atoms with E-state index in [1.807, 2.05) is 24.8 Å². The molecule has 8 nitrogen and oxygen atoms in total. The van der Waals surface area contributed by atoms with Gasteiger partial charge in [-0.2, -0.15) is 0 Å². The highest BCUT2D eigenvalue weighted by Crippen LogP contribution is 2.45. The molecule has 3 rings (SSSR count). The van der Waals surface area contributed by atoms with Gasteiger partial charge in [0.25, 0.3) is 0 Å². The first-order chi connectivity index (χ1) is 16.5. The Balaban J connectivity index is 1.79. The zero-order chi connectivity index (χ0) is 25.8. The Kier molecular flexibility index (Phi) is 8.28. The molecule has 8 heteroatoms. The van der Waals surface area contributed by atoms with Crippen LogP contribution in [0.4, 0.5) is 0 Å². The molecule has 1 N–H and O–H groups in total. The Morgan fingerprint density at radius 1 is 1.26 bits per heavy atom. The largest absolute Gasteiger partial charge is 0.496 e. The monoisotopic (exact) mass is 483 g/mol. The molecule has 0 bridgehead atoms. The molecule has 0 saturated carbocycles. The molecule has 0 amide bonds. The summed E-state index contributed by atoms with van der Waals surface area (Å²) in [5.74, 6) is -0.240. The van der Waals surface area contributed by atoms with E-state index in [0.717, 1.165) is 5.56 Å². The number of aliphatic carboxylic acids is 1. The van der Waals surface area contributed by atoms with Crippen molar-refractivity contribution in [2.24, 2.45) is 5.92 Å². The summed E-state index contributed by atoms with van der Waals surface area (Å²) in [5.41, 5.74) is 1.01. The van der Waals surface area contributed by atoms with Gasteiger partial charge in [0.1, 0.15) is 24.6 Å². The molecule has 2 atom stereocenters. The number of carbonyl (C=O) groups excluding carboxylic acids is 1. The van der Waals surface area contributed by atoms with Crippen LogP contribution < -0.4 is 4.74 Å². The Bertz CT molecular complexity index is 1030. The van der Waals surface area contributed by atoms with E-state index >= 15 is 0 Å². The van der Waals surface area contributed by atoms with Crippen LogP contribution in [0.1, 0.15) is 81.5 Å². The Labute approximate surface area is 207 Å². The predicted molar refractivity (Wildman–Crippen MR) is 133 cm³/mol. The minimum atomic E-state index is -1.09. The van der Waals surface area contributed by atoms with Gasteiger partial charge in [-0.1, -0.05) is 46.8 Å². The Morgan fingerprint density at radius 2 is 2.00 bits per heavy atom. The molecule has 190 valence electrons. The maximum Gasteiger partial charge on any atom is 0.324 e. The minimum absolute atomic E-state index is 0.00319. The lowest BCUT2D eigenvalue weighted by atomic mass is 9.85. The van der Waals surface area contributed by atoms with Gasteiger partial charge >= 0.3 is 5.97 Å². The number of likely N-dealkylation sites (tertiary alicyclic amines) is 1. The van der Waals surface area contributed by atoms with E-state index in [1.165, 1.54) is 0 Å². The van der Waals surface area contributed by atoms with Crippen LogP contribution in [0.3, 0.4) is 0 Å². The molecule has 0 unspecified atom stereocenters. The normalized spacial score (nSPS) is 20.8. The van der Waals surface area contributed by atoms with Crippen LogP contribution in [-0.2, 0) is 14.9 Å². The van der Waals surface area contributed by atoms with Crippen LogP contribution in [0.15, 0.2) is 36.8 Å². The van der Waals surface area contributed by atoms with Crippen LogP contribution >= 0.6 is 0 Å². The number of aromatic nitrogens is 2. The summed E-state index contributed by atoms with van der Waals surface area (Å²) in [4.78, 5) is 35.9. The van der Waals surface area contributed by atoms with E-state index in [-0.39, 0.29) is 36.5 Å². The summed E-state index contributed by atoms with van der Waals surface area (Å²) in [5, 5.41) is 10.3. The van der Waals surface area contributed by atoms with E-state index in [9.17, 15) is 14.7 Å². The third kappa shape index (κ3) is 5.87. The molecule has 1 aromatic carbocycles. The fourth-order valence-electron chi connectivity index (χ4n) is 4.99. The van der Waals surface area contributed by atoms with Gasteiger partial charge in [-0.05, 0) is 42.2 Å². The number of carboxylic acids is 1. The fourth-order valence-corrected chi connectivity index (χ4v) is 4.99. The number of rotatable bonds is 10. The van der Waals surface area contributed by atoms with Crippen LogP contribution in [0.25, 0.3) is 0 Å². The Morgan fingerprint density at radius 3 is 2.57 bits per heavy atom. The van der Waals surface area contributed by atoms with Gasteiger partial charge in [-0.25, -0.2) is 0 Å². The molecule has 0 radical (unpaired) electrons. The van der Waals surface area contributed by atoms with Gasteiger partial charge in [0.15, 0.2) is 5.78 Å². The molecule has 1 saturated heterocycles. The molecule has 0 spiro atoms. The van der Waals surface area contributed by atoms with Crippen molar-refractivity contribution >= 4 is 11.8 Å². The fraction of sp³-hybridized carbons (Fsp3) is 0.556. The van der Waals surface area contributed by atoms with Gasteiger partial charge < -0.3 is 14.6 Å². The second-order valence-electron chi connectivity index (χ2n) is 10.7. The number of carboxylic acid groups (broad SMARTS) is 1. The molecule has 1 aromatic heterocycles. The number of methoxy groups -OCH3 is 1. The van der Waals surface area contributed by atoms with Crippen molar-refractivity contribution in [2.45, 2.75) is 70.9 Å². The Hall–Kier alpha value is -2.84. The topological polar surface area (TPSA) is 102 Å². The molecule has 2 aromatic rings. The molecule has 2 heterocycles. The highest BCUT2D eigenvalue weighted by molar-refractivity contribution is 5.97. The molecule has 1 aliphatic rings. The van der Waals surface area contributed by atoms with Crippen molar-refractivity contribution in [3.05, 3.63) is 53.6 Å². The lowest BCUT2D eigenvalue weighted by Crippen LogP contribution is -2.53. The lowest BCUT2D eigenvalue weighted by molar-refractivity contribution is -0.156. The summed E-state index contributed by atoms with van der Waals surface area (Å²) in [6, 6.07) is 5.19. The third-order valence-corrected chi connectivity index (χ3v) is 6.62. The first-order valence-corrected chi connectivity index (χ1v) is 12.0. The first-order valence-electron chi connectivity index (χ1n) is 12.0. The van der Waals surface area contributed by atoms with Crippen molar-refractivity contribution in [1.29, 1.82) is 0 Å². The average molecular weight is 484 g/mol. The summed E-state index contributed by atoms with van der Waals surface area (Å²) in [6.07, 6.45) is 6.44. The van der Waals surface area contributed by atoms with Crippen molar-refractivity contribution in [1.82, 2.24) is 14.9 Å². The van der Waals surface area contributed by atoms with E-state index < -0.39 is 11.5 Å². The quantitative estimate of drug-likeness (QED) is 0.488. The van der Waals surface area contributed by atoms with Gasteiger partial charge in [0.05, 0.1) is 18.8 Å². The number of ketones is 1. The summed E-state index contributed by atoms with van der Waals surface area (Å²) in [7, 11) is 1.59. The number of benzene rings is 1. The van der Waals surface area contributed by atoms with Crippen LogP contribution in [0, 0.1) is 5.92 Å². The highest BCUT2D eigenvalue weighted by Gasteiger charge is 2.53. The molecule has 1 fully saturated rings. The first kappa shape index (κ1) is 26.8. The van der Waals surface area contributed by atoms with Gasteiger partial charge in [0.2, 0.25) is 0 Å². The standard InChI is InChI=1S/C27H37N3O5/c1-18(2)14-27(25(32)33)10-9-22(21-15-28-11-12-29-21)30(27)17-35-16-23(31)19-7-8-20(26(3,4)5)24(13-19)34-6/h7-8,11-13,15,18,22H,9-10,14,16-17H2,1-6H3,(H,32,33)/t22-,27+/m1/s1. The number of hydrogen-bond acceptors (Lipinski definition) is 7. The SMILES string of the molecule is COc1cc(C(=O)COCN2[C@@H](c3cnccn3)CC[C@]2(CC(C)C)C(=O)O)ccc1C(C)(C)C. The van der Waals surface area contributed by atoms with Gasteiger partial charge in [-0.3, -0.25) is 24.5 Å². The summed E-state index contributed by atoms with van der Waals surface area (Å²) in [6.45, 7) is 10.1. The number of nitrogens with zero attached hydrogens (tertiary/aromatic N) is 3. The molecule has 1 aliphatic heterocycles. The number of Topliss-reactive ketones (excluding diaryl/α,β-unsaturated/α-hetero) is 1. The van der Waals surface area contributed by atoms with Gasteiger partial charge in [-0.15, -0.1) is 0 Å². The van der Waals surface area contributed by atoms with Crippen molar-refractivity contribution in [3.8, 4) is 5.75 Å². The third-order valence-electron chi connectivity index (χ3n) is 6.62. The van der Waals surface area contributed by atoms with Gasteiger partial charge in [0, 0.05) is 24.2 Å². The van der Waals surface area contributed by atoms with Crippen LogP contribution in [-0.4, -0.2) is 57.7 Å². The number of hydrogen-bond donors (Lipinski definition) is 1. The maximum atomic E-state index is 12.9. The molecule has 35 heavy (non-hydrogen) atoms. The van der Waals surface area contributed by atoms with E-state index in [2.05, 4.69) is 30.7 Å². The average Bonchev–Trinajstić information content (AvgIpc) is 3.17. The molecular formula is C27H37N3O5. The van der Waals surface area contributed by atoms with Crippen molar-refractivity contribution < 1.29 is 24.2 Å². The number of carbonyl (C=O) groups is 2. The number of ether oxygens (including phenoxy) is 2. The smallest absolute Gasteiger partial charge is 0.324 e. The second kappa shape index (κ2) is 10.8. The molecule has 0 aliphatic carbocycles. The second-order valence-corrected chi connectivity index (χ2v) is 10.7. The zero-order valence-electron chi connectivity index (χ0n) is 21.6. The van der Waals surface area contributed by atoms with E-state index in [4.69, 9.17) is 9.47 Å². The lowest BCUT2D eigenvalue weighted by Gasteiger charge is -2.38.